The van der Waals surface area contributed by atoms with Crippen molar-refractivity contribution in [3.8, 4) is 5.75 Å². The van der Waals surface area contributed by atoms with E-state index in [1.165, 1.54) is 11.3 Å². The fraction of sp³-hybridized carbons (Fsp3) is 0.500. The zero-order chi connectivity index (χ0) is 17.8. The lowest BCUT2D eigenvalue weighted by Crippen LogP contribution is -2.20. The summed E-state index contributed by atoms with van der Waals surface area (Å²) in [7, 11) is 0. The third-order valence-corrected chi connectivity index (χ3v) is 4.97. The molecule has 0 radical (unpaired) electrons. The van der Waals surface area contributed by atoms with E-state index in [-0.39, 0.29) is 18.6 Å². The summed E-state index contributed by atoms with van der Waals surface area (Å²) in [5.74, 6) is 0.838. The molecule has 0 spiro atoms. The summed E-state index contributed by atoms with van der Waals surface area (Å²) in [6, 6.07) is 6.06. The first kappa shape index (κ1) is 17.8. The number of carbonyl (C=O) groups is 1. The normalized spacial score (nSPS) is 17.0. The molecule has 1 atom stereocenters. The number of amides is 1. The number of hydrogen-bond donors (Lipinski definition) is 1. The van der Waals surface area contributed by atoms with E-state index in [1.807, 2.05) is 19.1 Å². The molecule has 2 aromatic rings. The first-order valence-electron chi connectivity index (χ1n) is 8.51. The molecule has 1 saturated heterocycles. The van der Waals surface area contributed by atoms with E-state index in [0.717, 1.165) is 41.3 Å². The predicted molar refractivity (Wildman–Crippen MR) is 97.2 cm³/mol. The quantitative estimate of drug-likeness (QED) is 0.846. The number of carbonyl (C=O) groups excluding carboxylic acids is 1. The molecule has 3 rings (SSSR count). The first-order valence-corrected chi connectivity index (χ1v) is 9.33. The lowest BCUT2D eigenvalue weighted by molar-refractivity contribution is -0.118. The number of aromatic nitrogens is 2. The smallest absolute Gasteiger partial charge is 0.264 e. The topological polar surface area (TPSA) is 73.3 Å². The largest absolute Gasteiger partial charge is 0.483 e. The van der Waals surface area contributed by atoms with Crippen molar-refractivity contribution in [1.29, 1.82) is 0 Å². The van der Waals surface area contributed by atoms with Gasteiger partial charge in [0.05, 0.1) is 0 Å². The van der Waals surface area contributed by atoms with Crippen molar-refractivity contribution >= 4 is 22.4 Å². The molecule has 1 N–H and O–H groups in total. The van der Waals surface area contributed by atoms with Crippen LogP contribution >= 0.6 is 11.3 Å². The number of aryl methyl sites for hydroxylation is 1. The maximum absolute atomic E-state index is 12.2. The maximum Gasteiger partial charge on any atom is 0.264 e. The van der Waals surface area contributed by atoms with Gasteiger partial charge in [0.1, 0.15) is 16.9 Å². The average molecular weight is 361 g/mol. The van der Waals surface area contributed by atoms with Gasteiger partial charge in [0.15, 0.2) is 6.61 Å². The number of ether oxygens (including phenoxy) is 2. The summed E-state index contributed by atoms with van der Waals surface area (Å²) in [5.41, 5.74) is 2.19. The van der Waals surface area contributed by atoms with Gasteiger partial charge >= 0.3 is 0 Å². The van der Waals surface area contributed by atoms with Gasteiger partial charge in [-0.05, 0) is 42.9 Å². The molecular formula is C18H23N3O3S. The van der Waals surface area contributed by atoms with Crippen LogP contribution in [-0.4, -0.2) is 29.3 Å². The van der Waals surface area contributed by atoms with Gasteiger partial charge in [-0.25, -0.2) is 0 Å². The van der Waals surface area contributed by atoms with Gasteiger partial charge in [-0.1, -0.05) is 37.3 Å². The maximum atomic E-state index is 12.2. The van der Waals surface area contributed by atoms with Crippen LogP contribution in [0.4, 0.5) is 5.13 Å². The summed E-state index contributed by atoms with van der Waals surface area (Å²) in [4.78, 5) is 12.2. The van der Waals surface area contributed by atoms with E-state index >= 15 is 0 Å². The minimum absolute atomic E-state index is 0.0142. The number of hydrogen-bond acceptors (Lipinski definition) is 6. The first-order chi connectivity index (χ1) is 12.0. The molecule has 1 fully saturated rings. The molecule has 1 aliphatic heterocycles. The van der Waals surface area contributed by atoms with Crippen molar-refractivity contribution in [1.82, 2.24) is 10.2 Å². The molecule has 1 amide bonds. The summed E-state index contributed by atoms with van der Waals surface area (Å²) >= 11 is 1.36. The summed E-state index contributed by atoms with van der Waals surface area (Å²) < 4.78 is 11.3. The fourth-order valence-electron chi connectivity index (χ4n) is 2.73. The van der Waals surface area contributed by atoms with Gasteiger partial charge in [-0.3, -0.25) is 10.1 Å². The van der Waals surface area contributed by atoms with Crippen LogP contribution < -0.4 is 10.1 Å². The zero-order valence-corrected chi connectivity index (χ0v) is 15.6. The highest BCUT2D eigenvalue weighted by molar-refractivity contribution is 7.15. The van der Waals surface area contributed by atoms with E-state index in [1.54, 1.807) is 0 Å². The van der Waals surface area contributed by atoms with Crippen molar-refractivity contribution in [3.63, 3.8) is 0 Å². The Hall–Kier alpha value is -1.99. The monoisotopic (exact) mass is 361 g/mol. The van der Waals surface area contributed by atoms with Crippen LogP contribution in [0, 0.1) is 6.92 Å². The Bertz CT molecular complexity index is 739. The van der Waals surface area contributed by atoms with Crippen molar-refractivity contribution in [2.75, 3.05) is 18.5 Å². The Labute approximate surface area is 151 Å². The fourth-order valence-corrected chi connectivity index (χ4v) is 3.57. The second-order valence-electron chi connectivity index (χ2n) is 6.48. The van der Waals surface area contributed by atoms with Crippen molar-refractivity contribution in [3.05, 3.63) is 34.3 Å². The Morgan fingerprint density at radius 2 is 2.28 bits per heavy atom. The van der Waals surface area contributed by atoms with Crippen LogP contribution in [0.5, 0.6) is 5.75 Å². The van der Waals surface area contributed by atoms with Gasteiger partial charge in [-0.2, -0.15) is 0 Å². The molecule has 0 aliphatic carbocycles. The van der Waals surface area contributed by atoms with E-state index in [4.69, 9.17) is 9.47 Å². The molecule has 25 heavy (non-hydrogen) atoms. The predicted octanol–water partition coefficient (Wildman–Crippen LogP) is 3.84. The number of anilines is 1. The Balaban J connectivity index is 1.57. The highest BCUT2D eigenvalue weighted by atomic mass is 32.1. The molecule has 0 bridgehead atoms. The molecular weight excluding hydrogens is 338 g/mol. The number of benzene rings is 1. The highest BCUT2D eigenvalue weighted by Crippen LogP contribution is 2.32. The van der Waals surface area contributed by atoms with E-state index in [9.17, 15) is 4.79 Å². The van der Waals surface area contributed by atoms with Crippen molar-refractivity contribution in [2.24, 2.45) is 0 Å². The van der Waals surface area contributed by atoms with Crippen LogP contribution in [0.2, 0.25) is 0 Å². The SMILES string of the molecule is Cc1ccc(C(C)C)c(OCC(=O)Nc2nnc(C3CCCO3)s2)c1. The van der Waals surface area contributed by atoms with Crippen LogP contribution in [0.3, 0.4) is 0 Å². The van der Waals surface area contributed by atoms with E-state index in [0.29, 0.717) is 11.0 Å². The molecule has 1 aromatic heterocycles. The minimum atomic E-state index is -0.244. The Morgan fingerprint density at radius 1 is 1.44 bits per heavy atom. The molecule has 2 heterocycles. The average Bonchev–Trinajstić information content (AvgIpc) is 3.23. The number of rotatable bonds is 6. The third-order valence-electron chi connectivity index (χ3n) is 4.04. The highest BCUT2D eigenvalue weighted by Gasteiger charge is 2.22. The van der Waals surface area contributed by atoms with Crippen molar-refractivity contribution < 1.29 is 14.3 Å². The van der Waals surface area contributed by atoms with E-state index in [2.05, 4.69) is 35.4 Å². The third kappa shape index (κ3) is 4.55. The van der Waals surface area contributed by atoms with Crippen LogP contribution in [-0.2, 0) is 9.53 Å². The zero-order valence-electron chi connectivity index (χ0n) is 14.7. The van der Waals surface area contributed by atoms with Gasteiger partial charge in [0.2, 0.25) is 5.13 Å². The summed E-state index contributed by atoms with van der Waals surface area (Å²) in [6.07, 6.45) is 2.01. The lowest BCUT2D eigenvalue weighted by Gasteiger charge is -2.14. The van der Waals surface area contributed by atoms with E-state index < -0.39 is 0 Å². The van der Waals surface area contributed by atoms with Gasteiger partial charge in [0, 0.05) is 6.61 Å². The van der Waals surface area contributed by atoms with Gasteiger partial charge in [0.25, 0.3) is 5.91 Å². The van der Waals surface area contributed by atoms with Gasteiger partial charge < -0.3 is 9.47 Å². The van der Waals surface area contributed by atoms with Gasteiger partial charge in [-0.15, -0.1) is 10.2 Å². The molecule has 7 heteroatoms. The molecule has 6 nitrogen and oxygen atoms in total. The lowest BCUT2D eigenvalue weighted by atomic mass is 10.0. The summed E-state index contributed by atoms with van der Waals surface area (Å²) in [5, 5.41) is 12.2. The van der Waals surface area contributed by atoms with Crippen LogP contribution in [0.15, 0.2) is 18.2 Å². The number of nitrogens with one attached hydrogen (secondary N) is 1. The second-order valence-corrected chi connectivity index (χ2v) is 7.49. The Morgan fingerprint density at radius 3 is 3.00 bits per heavy atom. The standard InChI is InChI=1S/C18H23N3O3S/c1-11(2)13-7-6-12(3)9-15(13)24-10-16(22)19-18-21-20-17(25-18)14-5-4-8-23-14/h6-7,9,11,14H,4-5,8,10H2,1-3H3,(H,19,21,22). The Kier molecular flexibility index (Phi) is 5.65. The van der Waals surface area contributed by atoms with Crippen LogP contribution in [0.25, 0.3) is 0 Å². The second kappa shape index (κ2) is 7.93. The van der Waals surface area contributed by atoms with Crippen LogP contribution in [0.1, 0.15) is 54.8 Å². The molecule has 1 aromatic carbocycles. The number of nitrogens with zero attached hydrogens (tertiary/aromatic N) is 2. The molecule has 134 valence electrons. The molecule has 1 aliphatic rings. The van der Waals surface area contributed by atoms with Crippen molar-refractivity contribution in [2.45, 2.75) is 45.6 Å². The molecule has 0 saturated carbocycles. The minimum Gasteiger partial charge on any atom is -0.483 e. The summed E-state index contributed by atoms with van der Waals surface area (Å²) in [6.45, 7) is 6.91. The molecule has 1 unspecified atom stereocenters.